The molecule has 0 N–H and O–H groups in total. The third kappa shape index (κ3) is 4.91. The van der Waals surface area contributed by atoms with E-state index in [9.17, 15) is 0 Å². The first-order chi connectivity index (χ1) is 6.43. The summed E-state index contributed by atoms with van der Waals surface area (Å²) in [7, 11) is 0. The van der Waals surface area contributed by atoms with E-state index in [1.54, 1.807) is 0 Å². The zero-order valence-electron chi connectivity index (χ0n) is 8.84. The number of nitrogens with zero attached hydrogens (tertiary/aromatic N) is 2. The normalized spacial score (nSPS) is 15.6. The van der Waals surface area contributed by atoms with Crippen molar-refractivity contribution in [2.24, 2.45) is 4.99 Å². The summed E-state index contributed by atoms with van der Waals surface area (Å²) >= 11 is 0. The Bertz CT molecular complexity index is 143. The van der Waals surface area contributed by atoms with Gasteiger partial charge in [-0.25, -0.2) is 0 Å². The predicted molar refractivity (Wildman–Crippen MR) is 58.3 cm³/mol. The Kier molecular flexibility index (Phi) is 5.62. The fraction of sp³-hybridized carbons (Fsp3) is 0.909. The van der Waals surface area contributed by atoms with Crippen molar-refractivity contribution in [3.05, 3.63) is 0 Å². The highest BCUT2D eigenvalue weighted by Crippen LogP contribution is 2.06. The van der Waals surface area contributed by atoms with E-state index in [0.717, 1.165) is 13.1 Å². The molecule has 1 aliphatic rings. The highest BCUT2D eigenvalue weighted by atomic mass is 15.2. The van der Waals surface area contributed by atoms with E-state index in [2.05, 4.69) is 16.8 Å². The van der Waals surface area contributed by atoms with Crippen LogP contribution >= 0.6 is 0 Å². The Morgan fingerprint density at radius 1 is 1.15 bits per heavy atom. The lowest BCUT2D eigenvalue weighted by Gasteiger charge is -2.12. The average Bonchev–Trinajstić information content (AvgIpc) is 2.63. The lowest BCUT2D eigenvalue weighted by molar-refractivity contribution is 0.439. The van der Waals surface area contributed by atoms with Crippen LogP contribution in [0.2, 0.25) is 0 Å². The Hall–Kier alpha value is -0.530. The molecule has 0 radical (unpaired) electrons. The molecule has 0 saturated heterocycles. The van der Waals surface area contributed by atoms with Gasteiger partial charge in [0, 0.05) is 13.1 Å². The summed E-state index contributed by atoms with van der Waals surface area (Å²) in [6.45, 7) is 5.64. The molecule has 0 aromatic rings. The molecule has 1 aliphatic heterocycles. The lowest BCUT2D eigenvalue weighted by Crippen LogP contribution is -2.20. The molecule has 0 atom stereocenters. The molecule has 0 amide bonds. The van der Waals surface area contributed by atoms with Gasteiger partial charge < -0.3 is 4.90 Å². The molecule has 2 nitrogen and oxygen atoms in total. The minimum atomic E-state index is 1.01. The molecule has 1 heterocycles. The van der Waals surface area contributed by atoms with Crippen LogP contribution in [0, 0.1) is 0 Å². The highest BCUT2D eigenvalue weighted by Gasteiger charge is 2.03. The Morgan fingerprint density at radius 2 is 1.92 bits per heavy atom. The first-order valence-electron chi connectivity index (χ1n) is 5.67. The van der Waals surface area contributed by atoms with Crippen LogP contribution in [0.15, 0.2) is 4.99 Å². The van der Waals surface area contributed by atoms with Crippen molar-refractivity contribution < 1.29 is 0 Å². The molecule has 0 spiro atoms. The largest absolute Gasteiger partial charge is 0.361 e. The highest BCUT2D eigenvalue weighted by molar-refractivity contribution is 5.56. The number of hydrogen-bond acceptors (Lipinski definition) is 2. The van der Waals surface area contributed by atoms with Crippen LogP contribution in [0.1, 0.15) is 45.4 Å². The number of aliphatic imine (C=N–C) groups is 1. The van der Waals surface area contributed by atoms with E-state index in [0.29, 0.717) is 0 Å². The smallest absolute Gasteiger partial charge is 0.0851 e. The van der Waals surface area contributed by atoms with Crippen LogP contribution < -0.4 is 0 Å². The second kappa shape index (κ2) is 6.93. The maximum absolute atomic E-state index is 4.19. The van der Waals surface area contributed by atoms with E-state index < -0.39 is 0 Å². The molecule has 13 heavy (non-hydrogen) atoms. The number of rotatable bonds is 7. The Morgan fingerprint density at radius 3 is 2.62 bits per heavy atom. The summed E-state index contributed by atoms with van der Waals surface area (Å²) < 4.78 is 0. The molecule has 2 heteroatoms. The lowest BCUT2D eigenvalue weighted by atomic mass is 10.1. The molecular formula is C11H22N2. The van der Waals surface area contributed by atoms with E-state index in [4.69, 9.17) is 0 Å². The second-order valence-electron chi connectivity index (χ2n) is 3.83. The van der Waals surface area contributed by atoms with Crippen molar-refractivity contribution in [1.29, 1.82) is 0 Å². The van der Waals surface area contributed by atoms with Crippen LogP contribution in [0.4, 0.5) is 0 Å². The summed E-state index contributed by atoms with van der Waals surface area (Å²) in [5.74, 6) is 0. The van der Waals surface area contributed by atoms with Gasteiger partial charge in [-0.15, -0.1) is 0 Å². The summed E-state index contributed by atoms with van der Waals surface area (Å²) in [5, 5.41) is 0. The minimum absolute atomic E-state index is 1.01. The predicted octanol–water partition coefficient (Wildman–Crippen LogP) is 2.69. The summed E-state index contributed by atoms with van der Waals surface area (Å²) in [6.07, 6.45) is 10.3. The van der Waals surface area contributed by atoms with Gasteiger partial charge in [0.25, 0.3) is 0 Å². The third-order valence-corrected chi connectivity index (χ3v) is 2.56. The second-order valence-corrected chi connectivity index (χ2v) is 3.83. The van der Waals surface area contributed by atoms with Gasteiger partial charge >= 0.3 is 0 Å². The van der Waals surface area contributed by atoms with Crippen LogP contribution in [0.5, 0.6) is 0 Å². The average molecular weight is 182 g/mol. The molecule has 0 fully saturated rings. The quantitative estimate of drug-likeness (QED) is 0.553. The van der Waals surface area contributed by atoms with Gasteiger partial charge in [0.05, 0.1) is 12.9 Å². The Labute approximate surface area is 82.0 Å². The maximum Gasteiger partial charge on any atom is 0.0851 e. The van der Waals surface area contributed by atoms with Gasteiger partial charge in [-0.2, -0.15) is 0 Å². The van der Waals surface area contributed by atoms with E-state index in [1.165, 1.54) is 45.1 Å². The van der Waals surface area contributed by atoms with Gasteiger partial charge in [0.15, 0.2) is 0 Å². The molecule has 0 aliphatic carbocycles. The van der Waals surface area contributed by atoms with Crippen LogP contribution in [0.25, 0.3) is 0 Å². The summed E-state index contributed by atoms with van der Waals surface area (Å²) in [5.41, 5.74) is 0. The molecule has 1 rings (SSSR count). The van der Waals surface area contributed by atoms with Gasteiger partial charge in [-0.1, -0.05) is 39.0 Å². The standard InChI is InChI=1S/C11H22N2/c1-2-3-4-5-6-7-9-13-10-8-12-11-13/h11H,2-10H2,1H3. The monoisotopic (exact) mass is 182 g/mol. The van der Waals surface area contributed by atoms with Gasteiger partial charge in [-0.3, -0.25) is 4.99 Å². The van der Waals surface area contributed by atoms with Gasteiger partial charge in [0.1, 0.15) is 0 Å². The van der Waals surface area contributed by atoms with Gasteiger partial charge in [0.2, 0.25) is 0 Å². The van der Waals surface area contributed by atoms with Crippen molar-refractivity contribution in [2.75, 3.05) is 19.6 Å². The first-order valence-corrected chi connectivity index (χ1v) is 5.67. The van der Waals surface area contributed by atoms with Crippen molar-refractivity contribution in [3.63, 3.8) is 0 Å². The molecule has 76 valence electrons. The topological polar surface area (TPSA) is 15.6 Å². The number of unbranched alkanes of at least 4 members (excludes halogenated alkanes) is 5. The van der Waals surface area contributed by atoms with Crippen molar-refractivity contribution in [2.45, 2.75) is 45.4 Å². The van der Waals surface area contributed by atoms with E-state index in [-0.39, 0.29) is 0 Å². The third-order valence-electron chi connectivity index (χ3n) is 2.56. The summed E-state index contributed by atoms with van der Waals surface area (Å²) in [6, 6.07) is 0. The van der Waals surface area contributed by atoms with E-state index in [1.807, 2.05) is 6.34 Å². The molecule has 0 bridgehead atoms. The van der Waals surface area contributed by atoms with Crippen molar-refractivity contribution in [1.82, 2.24) is 4.90 Å². The SMILES string of the molecule is CCCCCCCCN1C=NCC1. The Balaban J connectivity index is 1.81. The van der Waals surface area contributed by atoms with Crippen LogP contribution in [-0.2, 0) is 0 Å². The fourth-order valence-corrected chi connectivity index (χ4v) is 1.68. The fourth-order valence-electron chi connectivity index (χ4n) is 1.68. The zero-order chi connectivity index (χ0) is 9.36. The zero-order valence-corrected chi connectivity index (χ0v) is 8.84. The molecule has 0 unspecified atom stereocenters. The summed E-state index contributed by atoms with van der Waals surface area (Å²) in [4.78, 5) is 6.53. The first kappa shape index (κ1) is 10.6. The molecule has 0 saturated carbocycles. The minimum Gasteiger partial charge on any atom is -0.361 e. The number of hydrogen-bond donors (Lipinski definition) is 0. The molecular weight excluding hydrogens is 160 g/mol. The van der Waals surface area contributed by atoms with E-state index >= 15 is 0 Å². The molecule has 0 aromatic heterocycles. The van der Waals surface area contributed by atoms with Crippen molar-refractivity contribution in [3.8, 4) is 0 Å². The maximum atomic E-state index is 4.19. The van der Waals surface area contributed by atoms with Crippen LogP contribution in [-0.4, -0.2) is 30.9 Å². The van der Waals surface area contributed by atoms with Gasteiger partial charge in [-0.05, 0) is 6.42 Å². The molecule has 0 aromatic carbocycles. The van der Waals surface area contributed by atoms with Crippen LogP contribution in [0.3, 0.4) is 0 Å². The van der Waals surface area contributed by atoms with Crippen molar-refractivity contribution >= 4 is 6.34 Å².